The smallest absolute Gasteiger partial charge is 0.217 e. The first-order chi connectivity index (χ1) is 20.9. The maximum Gasteiger partial charge on any atom is 0.217 e. The third-order valence-electron chi connectivity index (χ3n) is 4.95. The van der Waals surface area contributed by atoms with Crippen molar-refractivity contribution in [3.8, 4) is 5.69 Å². The van der Waals surface area contributed by atoms with Gasteiger partial charge in [0, 0.05) is 34.0 Å². The largest absolute Gasteiger partial charge is 0.390 e. The number of aldehydes is 1. The van der Waals surface area contributed by atoms with Crippen LogP contribution in [0.3, 0.4) is 0 Å². The number of benzene rings is 3. The van der Waals surface area contributed by atoms with Crippen LogP contribution in [0.25, 0.3) is 5.69 Å². The van der Waals surface area contributed by atoms with E-state index >= 15 is 0 Å². The van der Waals surface area contributed by atoms with Crippen LogP contribution in [0.2, 0.25) is 0 Å². The molecule has 4 aromatic rings. The van der Waals surface area contributed by atoms with E-state index in [4.69, 9.17) is 15.2 Å². The molecule has 0 saturated heterocycles. The number of carbonyl (C=O) groups is 1. The van der Waals surface area contributed by atoms with Gasteiger partial charge in [-0.1, -0.05) is 54.6 Å². The average Bonchev–Trinajstić information content (AvgIpc) is 3.52. The van der Waals surface area contributed by atoms with Crippen LogP contribution >= 0.6 is 0 Å². The molecule has 4 rings (SSSR count). The Morgan fingerprint density at radius 3 is 1.74 bits per heavy atom. The average molecular weight is 587 g/mol. The number of ether oxygens (including phenoxy) is 2. The van der Waals surface area contributed by atoms with E-state index in [0.29, 0.717) is 5.69 Å². The molecule has 0 amide bonds. The van der Waals surface area contributed by atoms with Crippen molar-refractivity contribution in [2.45, 2.75) is 6.41 Å². The fourth-order valence-electron chi connectivity index (χ4n) is 3.09. The molecule has 228 valence electrons. The third-order valence-corrected chi connectivity index (χ3v) is 4.95. The molecule has 11 nitrogen and oxygen atoms in total. The van der Waals surface area contributed by atoms with E-state index in [2.05, 4.69) is 20.0 Å². The first kappa shape index (κ1) is 36.1. The minimum Gasteiger partial charge on any atom is -0.390 e. The number of methoxy groups -OCH3 is 2. The van der Waals surface area contributed by atoms with Gasteiger partial charge in [0.25, 0.3) is 0 Å². The molecule has 0 radical (unpaired) electrons. The summed E-state index contributed by atoms with van der Waals surface area (Å²) in [7, 11) is 10.8. The van der Waals surface area contributed by atoms with Crippen LogP contribution in [0.5, 0.6) is 0 Å². The zero-order valence-corrected chi connectivity index (χ0v) is 25.6. The number of aliphatic imine (C=N–C) groups is 3. The molecular weight excluding hydrogens is 544 g/mol. The zero-order valence-electron chi connectivity index (χ0n) is 25.6. The standard InChI is InChI=1S/C10H13N3.C10H8N2O.C7H8N2.C5H13NO2/c1-13(2)9-11-8-12-10-6-4-3-5-7-10;13-7-10-6-11-8-12(10)9-4-2-1-3-5-9;8-6-9-7-4-2-1-3-5-7;1-6(2)5(7-3)8-4/h3-9H,1-2H3;1-8H;1-6H,(H2,8,9);5H,1-4H3. The number of hydrogen-bond acceptors (Lipinski definition) is 7. The Bertz CT molecular complexity index is 1320. The summed E-state index contributed by atoms with van der Waals surface area (Å²) in [6.07, 6.45) is 8.27. The topological polar surface area (TPSA) is 123 Å². The summed E-state index contributed by atoms with van der Waals surface area (Å²) >= 11 is 0. The van der Waals surface area contributed by atoms with Gasteiger partial charge < -0.3 is 20.1 Å². The van der Waals surface area contributed by atoms with Gasteiger partial charge in [0.2, 0.25) is 6.41 Å². The highest BCUT2D eigenvalue weighted by molar-refractivity contribution is 5.73. The Kier molecular flexibility index (Phi) is 19.0. The first-order valence-electron chi connectivity index (χ1n) is 13.2. The SMILES string of the molecule is CN(C)C=NC=Nc1ccccc1.COC(OC)N(C)C.NC=Nc1ccccc1.O=Cc1cncn1-c1ccccc1. The normalized spacial score (nSPS) is 10.6. The molecule has 11 heteroatoms. The highest BCUT2D eigenvalue weighted by Gasteiger charge is 2.04. The minimum atomic E-state index is -0.213. The monoisotopic (exact) mass is 586 g/mol. The molecule has 43 heavy (non-hydrogen) atoms. The van der Waals surface area contributed by atoms with Crippen molar-refractivity contribution in [2.75, 3.05) is 42.4 Å². The van der Waals surface area contributed by atoms with Crippen molar-refractivity contribution < 1.29 is 14.3 Å². The fraction of sp³-hybridized carbons (Fsp3) is 0.219. The Morgan fingerprint density at radius 1 is 0.814 bits per heavy atom. The summed E-state index contributed by atoms with van der Waals surface area (Å²) in [6.45, 7) is 0. The van der Waals surface area contributed by atoms with Crippen LogP contribution in [-0.4, -0.2) is 93.5 Å². The van der Waals surface area contributed by atoms with Crippen molar-refractivity contribution in [3.05, 3.63) is 109 Å². The Labute approximate surface area is 254 Å². The van der Waals surface area contributed by atoms with Gasteiger partial charge >= 0.3 is 0 Å². The van der Waals surface area contributed by atoms with Crippen molar-refractivity contribution in [2.24, 2.45) is 20.7 Å². The summed E-state index contributed by atoms with van der Waals surface area (Å²) in [5.41, 5.74) is 8.38. The lowest BCUT2D eigenvalue weighted by molar-refractivity contribution is -0.179. The van der Waals surface area contributed by atoms with E-state index in [1.165, 1.54) is 12.7 Å². The van der Waals surface area contributed by atoms with Crippen molar-refractivity contribution >= 4 is 36.7 Å². The highest BCUT2D eigenvalue weighted by atomic mass is 16.7. The summed E-state index contributed by atoms with van der Waals surface area (Å²) in [4.78, 5) is 30.2. The molecule has 0 fully saturated rings. The van der Waals surface area contributed by atoms with Crippen LogP contribution in [0.15, 0.2) is 118 Å². The second-order valence-corrected chi connectivity index (χ2v) is 8.81. The molecule has 0 unspecified atom stereocenters. The number of imidazole rings is 1. The van der Waals surface area contributed by atoms with Gasteiger partial charge in [-0.05, 0) is 50.5 Å². The van der Waals surface area contributed by atoms with Gasteiger partial charge in [-0.15, -0.1) is 0 Å². The lowest BCUT2D eigenvalue weighted by Gasteiger charge is -2.19. The van der Waals surface area contributed by atoms with Crippen LogP contribution in [0, 0.1) is 0 Å². The second kappa shape index (κ2) is 22.7. The molecule has 1 heterocycles. The van der Waals surface area contributed by atoms with E-state index < -0.39 is 0 Å². The predicted molar refractivity (Wildman–Crippen MR) is 176 cm³/mol. The number of rotatable bonds is 9. The number of nitrogens with zero attached hydrogens (tertiary/aromatic N) is 7. The molecule has 0 spiro atoms. The zero-order chi connectivity index (χ0) is 31.7. The second-order valence-electron chi connectivity index (χ2n) is 8.81. The summed E-state index contributed by atoms with van der Waals surface area (Å²) < 4.78 is 11.5. The number of aromatic nitrogens is 2. The molecule has 0 bridgehead atoms. The maximum absolute atomic E-state index is 10.6. The van der Waals surface area contributed by atoms with Crippen molar-refractivity contribution in [1.82, 2.24) is 19.4 Å². The van der Waals surface area contributed by atoms with Gasteiger partial charge in [-0.3, -0.25) is 14.3 Å². The Hall–Kier alpha value is -4.97. The molecule has 0 aliphatic carbocycles. The van der Waals surface area contributed by atoms with Crippen molar-refractivity contribution in [3.63, 3.8) is 0 Å². The predicted octanol–water partition coefficient (Wildman–Crippen LogP) is 5.05. The number of para-hydroxylation sites is 3. The van der Waals surface area contributed by atoms with E-state index in [1.54, 1.807) is 37.6 Å². The summed E-state index contributed by atoms with van der Waals surface area (Å²) in [6, 6.07) is 28.9. The van der Waals surface area contributed by atoms with Crippen LogP contribution < -0.4 is 5.73 Å². The number of carbonyl (C=O) groups excluding carboxylic acids is 1. The van der Waals surface area contributed by atoms with E-state index in [0.717, 1.165) is 23.3 Å². The quantitative estimate of drug-likeness (QED) is 0.126. The first-order valence-corrected chi connectivity index (χ1v) is 13.2. The van der Waals surface area contributed by atoms with Gasteiger partial charge in [0.1, 0.15) is 12.0 Å². The number of hydrogen-bond donors (Lipinski definition) is 1. The number of nitrogens with two attached hydrogens (primary N) is 1. The molecule has 0 aliphatic heterocycles. The van der Waals surface area contributed by atoms with Crippen LogP contribution in [0.1, 0.15) is 10.5 Å². The minimum absolute atomic E-state index is 0.213. The molecular formula is C32H42N8O3. The van der Waals surface area contributed by atoms with Crippen LogP contribution in [-0.2, 0) is 9.47 Å². The summed E-state index contributed by atoms with van der Waals surface area (Å²) in [5.74, 6) is 0. The molecule has 2 N–H and O–H groups in total. The molecule has 0 aliphatic rings. The lowest BCUT2D eigenvalue weighted by atomic mass is 10.3. The Balaban J connectivity index is 0.000000293. The highest BCUT2D eigenvalue weighted by Crippen LogP contribution is 2.09. The summed E-state index contributed by atoms with van der Waals surface area (Å²) in [5, 5.41) is 0. The lowest BCUT2D eigenvalue weighted by Crippen LogP contribution is -2.30. The molecule has 0 saturated carbocycles. The maximum atomic E-state index is 10.6. The Morgan fingerprint density at radius 2 is 1.33 bits per heavy atom. The van der Waals surface area contributed by atoms with Gasteiger partial charge in [0.15, 0.2) is 6.29 Å². The van der Waals surface area contributed by atoms with Gasteiger partial charge in [-0.2, -0.15) is 0 Å². The molecule has 0 atom stereocenters. The van der Waals surface area contributed by atoms with E-state index in [-0.39, 0.29) is 6.41 Å². The van der Waals surface area contributed by atoms with E-state index in [9.17, 15) is 4.79 Å². The fourth-order valence-corrected chi connectivity index (χ4v) is 3.09. The van der Waals surface area contributed by atoms with E-state index in [1.807, 2.05) is 129 Å². The van der Waals surface area contributed by atoms with Gasteiger partial charge in [0.05, 0.1) is 36.6 Å². The van der Waals surface area contributed by atoms with Crippen LogP contribution in [0.4, 0.5) is 11.4 Å². The van der Waals surface area contributed by atoms with Crippen molar-refractivity contribution in [1.29, 1.82) is 0 Å². The third kappa shape index (κ3) is 16.2. The molecule has 1 aromatic heterocycles. The molecule has 3 aromatic carbocycles. The van der Waals surface area contributed by atoms with Gasteiger partial charge in [-0.25, -0.2) is 20.0 Å².